The molecule has 0 atom stereocenters. The molecule has 0 saturated carbocycles. The topological polar surface area (TPSA) is 52.6 Å². The van der Waals surface area contributed by atoms with Crippen LogP contribution in [-0.4, -0.2) is 21.0 Å². The molecule has 0 unspecified atom stereocenters. The quantitative estimate of drug-likeness (QED) is 0.631. The first kappa shape index (κ1) is 15.9. The Morgan fingerprint density at radius 3 is 1.82 bits per heavy atom. The molecule has 0 heterocycles. The van der Waals surface area contributed by atoms with Gasteiger partial charge >= 0.3 is 15.6 Å². The van der Waals surface area contributed by atoms with Gasteiger partial charge in [0.1, 0.15) is 11.5 Å². The zero-order valence-corrected chi connectivity index (χ0v) is 10.3. The molecule has 0 fully saturated rings. The fraction of sp³-hybridized carbons (Fsp3) is 0.250. The maximum atomic E-state index is 11.9. The van der Waals surface area contributed by atoms with Crippen molar-refractivity contribution in [3.05, 3.63) is 24.3 Å². The molecule has 0 spiro atoms. The minimum absolute atomic E-state index is 0. The highest BCUT2D eigenvalue weighted by Gasteiger charge is 2.48. The summed E-state index contributed by atoms with van der Waals surface area (Å²) in [7, 11) is -4.25. The molecule has 0 aliphatic rings. The van der Waals surface area contributed by atoms with Crippen LogP contribution in [0.4, 0.5) is 13.2 Å². The Morgan fingerprint density at radius 2 is 1.47 bits per heavy atom. The van der Waals surface area contributed by atoms with Crippen molar-refractivity contribution in [1.82, 2.24) is 0 Å². The van der Waals surface area contributed by atoms with Crippen molar-refractivity contribution >= 4 is 23.6 Å². The third-order valence-electron chi connectivity index (χ3n) is 1.55. The standard InChI is InChI=1S/C8H7F3O4S.H2S/c1-14-6-2-4-7(5-3-6)15-16(12,13)8(9,10)11;/h2-5H,1H3;1H2. The number of hydrogen-bond acceptors (Lipinski definition) is 4. The van der Waals surface area contributed by atoms with E-state index in [0.29, 0.717) is 5.75 Å². The predicted molar refractivity (Wildman–Crippen MR) is 59.0 cm³/mol. The molecule has 0 radical (unpaired) electrons. The average molecular weight is 290 g/mol. The predicted octanol–water partition coefficient (Wildman–Crippen LogP) is 2.04. The van der Waals surface area contributed by atoms with Crippen LogP contribution in [-0.2, 0) is 10.1 Å². The van der Waals surface area contributed by atoms with Crippen LogP contribution >= 0.6 is 13.5 Å². The van der Waals surface area contributed by atoms with Crippen LogP contribution in [0.1, 0.15) is 0 Å². The molecule has 0 saturated heterocycles. The van der Waals surface area contributed by atoms with Gasteiger partial charge in [-0.1, -0.05) is 0 Å². The monoisotopic (exact) mass is 290 g/mol. The Bertz CT molecular complexity index is 453. The summed E-state index contributed by atoms with van der Waals surface area (Å²) in [4.78, 5) is 0. The van der Waals surface area contributed by atoms with Gasteiger partial charge in [0, 0.05) is 0 Å². The third-order valence-corrected chi connectivity index (χ3v) is 2.53. The highest BCUT2D eigenvalue weighted by atomic mass is 32.2. The van der Waals surface area contributed by atoms with Gasteiger partial charge < -0.3 is 8.92 Å². The number of alkyl halides is 3. The van der Waals surface area contributed by atoms with Crippen molar-refractivity contribution in [2.45, 2.75) is 5.51 Å². The van der Waals surface area contributed by atoms with Crippen molar-refractivity contribution in [2.75, 3.05) is 7.11 Å². The fourth-order valence-corrected chi connectivity index (χ4v) is 1.26. The van der Waals surface area contributed by atoms with Crippen LogP contribution in [0.25, 0.3) is 0 Å². The second-order valence-corrected chi connectivity index (χ2v) is 4.20. The lowest BCUT2D eigenvalue weighted by molar-refractivity contribution is -0.0500. The molecule has 0 aliphatic carbocycles. The number of halogens is 3. The minimum Gasteiger partial charge on any atom is -0.497 e. The van der Waals surface area contributed by atoms with Crippen LogP contribution in [0.5, 0.6) is 11.5 Å². The van der Waals surface area contributed by atoms with Gasteiger partial charge in [-0.3, -0.25) is 0 Å². The van der Waals surface area contributed by atoms with Crippen molar-refractivity contribution in [3.8, 4) is 11.5 Å². The van der Waals surface area contributed by atoms with Gasteiger partial charge in [0.25, 0.3) is 0 Å². The second-order valence-electron chi connectivity index (χ2n) is 2.66. The highest BCUT2D eigenvalue weighted by molar-refractivity contribution is 7.88. The summed E-state index contributed by atoms with van der Waals surface area (Å²) < 4.78 is 65.6. The van der Waals surface area contributed by atoms with Gasteiger partial charge in [-0.05, 0) is 24.3 Å². The summed E-state index contributed by atoms with van der Waals surface area (Å²) in [5.74, 6) is -0.0603. The Balaban J connectivity index is 0.00000256. The van der Waals surface area contributed by atoms with Crippen LogP contribution in [0.2, 0.25) is 0 Å². The van der Waals surface area contributed by atoms with E-state index in [1.807, 2.05) is 0 Å². The molecule has 0 aromatic heterocycles. The zero-order valence-electron chi connectivity index (χ0n) is 8.48. The lowest BCUT2D eigenvalue weighted by Gasteiger charge is -2.09. The molecule has 17 heavy (non-hydrogen) atoms. The SMILES string of the molecule is COc1ccc(OS(=O)(=O)C(F)(F)F)cc1.S. The van der Waals surface area contributed by atoms with Gasteiger partial charge in [-0.15, -0.1) is 0 Å². The average Bonchev–Trinajstić information content (AvgIpc) is 2.16. The summed E-state index contributed by atoms with van der Waals surface area (Å²) in [5, 5.41) is 0. The Morgan fingerprint density at radius 1 is 1.06 bits per heavy atom. The smallest absolute Gasteiger partial charge is 0.497 e. The summed E-state index contributed by atoms with van der Waals surface area (Å²) >= 11 is 0. The van der Waals surface area contributed by atoms with Crippen molar-refractivity contribution in [3.63, 3.8) is 0 Å². The van der Waals surface area contributed by atoms with Crippen molar-refractivity contribution in [2.24, 2.45) is 0 Å². The molecular formula is C8H9F3O4S2. The van der Waals surface area contributed by atoms with E-state index < -0.39 is 21.4 Å². The Kier molecular flexibility index (Phi) is 5.14. The number of benzene rings is 1. The molecule has 1 aromatic rings. The molecule has 4 nitrogen and oxygen atoms in total. The first-order valence-electron chi connectivity index (χ1n) is 3.91. The molecule has 0 amide bonds. The van der Waals surface area contributed by atoms with E-state index in [-0.39, 0.29) is 13.5 Å². The van der Waals surface area contributed by atoms with E-state index >= 15 is 0 Å². The van der Waals surface area contributed by atoms with E-state index in [1.54, 1.807) is 0 Å². The van der Waals surface area contributed by atoms with E-state index in [0.717, 1.165) is 12.1 Å². The lowest BCUT2D eigenvalue weighted by Crippen LogP contribution is -2.27. The first-order valence-corrected chi connectivity index (χ1v) is 5.32. The molecule has 0 aliphatic heterocycles. The summed E-state index contributed by atoms with van der Waals surface area (Å²) in [6.45, 7) is 0. The molecule has 9 heteroatoms. The Labute approximate surface area is 103 Å². The summed E-state index contributed by atoms with van der Waals surface area (Å²) in [6, 6.07) is 4.67. The van der Waals surface area contributed by atoms with Gasteiger partial charge in [-0.2, -0.15) is 35.1 Å². The maximum absolute atomic E-state index is 11.9. The number of methoxy groups -OCH3 is 1. The lowest BCUT2D eigenvalue weighted by atomic mass is 10.3. The van der Waals surface area contributed by atoms with Gasteiger partial charge in [0.05, 0.1) is 7.11 Å². The first-order chi connectivity index (χ1) is 7.26. The van der Waals surface area contributed by atoms with Crippen LogP contribution < -0.4 is 8.92 Å². The fourth-order valence-electron chi connectivity index (χ4n) is 0.805. The van der Waals surface area contributed by atoms with Gasteiger partial charge in [-0.25, -0.2) is 0 Å². The van der Waals surface area contributed by atoms with Gasteiger partial charge in [0.2, 0.25) is 0 Å². The highest BCUT2D eigenvalue weighted by Crippen LogP contribution is 2.27. The Hall–Kier alpha value is -1.09. The van der Waals surface area contributed by atoms with Crippen LogP contribution in [0.15, 0.2) is 24.3 Å². The van der Waals surface area contributed by atoms with Crippen LogP contribution in [0.3, 0.4) is 0 Å². The van der Waals surface area contributed by atoms with Crippen LogP contribution in [0, 0.1) is 0 Å². The number of ether oxygens (including phenoxy) is 1. The molecule has 0 bridgehead atoms. The molecule has 0 N–H and O–H groups in total. The van der Waals surface area contributed by atoms with E-state index in [4.69, 9.17) is 4.74 Å². The molecule has 1 aromatic carbocycles. The van der Waals surface area contributed by atoms with Gasteiger partial charge in [0.15, 0.2) is 0 Å². The zero-order chi connectivity index (χ0) is 12.4. The van der Waals surface area contributed by atoms with Crippen molar-refractivity contribution in [1.29, 1.82) is 0 Å². The van der Waals surface area contributed by atoms with Crippen molar-refractivity contribution < 1.29 is 30.5 Å². The van der Waals surface area contributed by atoms with E-state index in [2.05, 4.69) is 4.18 Å². The normalized spacial score (nSPS) is 11.5. The number of hydrogen-bond donors (Lipinski definition) is 0. The largest absolute Gasteiger partial charge is 0.534 e. The second kappa shape index (κ2) is 5.50. The number of rotatable bonds is 3. The molecular weight excluding hydrogens is 281 g/mol. The summed E-state index contributed by atoms with van der Waals surface area (Å²) in [5.41, 5.74) is -5.44. The van der Waals surface area contributed by atoms with E-state index in [9.17, 15) is 21.6 Å². The summed E-state index contributed by atoms with van der Waals surface area (Å²) in [6.07, 6.45) is 0. The third kappa shape index (κ3) is 4.00. The molecule has 98 valence electrons. The molecule has 1 rings (SSSR count). The van der Waals surface area contributed by atoms with E-state index in [1.165, 1.54) is 19.2 Å². The maximum Gasteiger partial charge on any atom is 0.534 e. The minimum atomic E-state index is -5.61.